The van der Waals surface area contributed by atoms with Crippen LogP contribution in [0.1, 0.15) is 23.4 Å². The number of benzene rings is 3. The topological polar surface area (TPSA) is 49.9 Å². The molecule has 29 heavy (non-hydrogen) atoms. The molecular formula is C24H24BrN3O. The first-order valence-corrected chi connectivity index (χ1v) is 10.7. The van der Waals surface area contributed by atoms with Crippen LogP contribution in [0, 0.1) is 0 Å². The zero-order valence-electron chi connectivity index (χ0n) is 16.2. The molecule has 1 heterocycles. The second kappa shape index (κ2) is 9.72. The highest BCUT2D eigenvalue weighted by molar-refractivity contribution is 9.10. The minimum Gasteiger partial charge on any atom is -0.489 e. The average Bonchev–Trinajstić information content (AvgIpc) is 3.16. The predicted octanol–water partition coefficient (Wildman–Crippen LogP) is 5.63. The number of H-pyrrole nitrogens is 1. The van der Waals surface area contributed by atoms with Crippen molar-refractivity contribution >= 4 is 27.0 Å². The molecule has 1 aromatic heterocycles. The maximum Gasteiger partial charge on any atom is 0.124 e. The van der Waals surface area contributed by atoms with Crippen molar-refractivity contribution in [2.24, 2.45) is 0 Å². The quantitative estimate of drug-likeness (QED) is 0.325. The smallest absolute Gasteiger partial charge is 0.124 e. The van der Waals surface area contributed by atoms with Crippen LogP contribution < -0.4 is 10.1 Å². The zero-order chi connectivity index (χ0) is 19.9. The van der Waals surface area contributed by atoms with Crippen molar-refractivity contribution < 1.29 is 4.74 Å². The van der Waals surface area contributed by atoms with Crippen molar-refractivity contribution in [1.29, 1.82) is 0 Å². The number of aromatic nitrogens is 2. The monoisotopic (exact) mass is 449 g/mol. The van der Waals surface area contributed by atoms with E-state index in [4.69, 9.17) is 4.74 Å². The van der Waals surface area contributed by atoms with Gasteiger partial charge >= 0.3 is 0 Å². The number of ether oxygens (including phenoxy) is 1. The van der Waals surface area contributed by atoms with Gasteiger partial charge in [0.1, 0.15) is 18.2 Å². The lowest BCUT2D eigenvalue weighted by Crippen LogP contribution is -2.16. The van der Waals surface area contributed by atoms with Crippen molar-refractivity contribution in [3.63, 3.8) is 0 Å². The molecule has 0 spiro atoms. The van der Waals surface area contributed by atoms with E-state index in [0.29, 0.717) is 6.61 Å². The Kier molecular flexibility index (Phi) is 6.60. The molecule has 4 aromatic rings. The van der Waals surface area contributed by atoms with Gasteiger partial charge in [-0.1, -0.05) is 58.4 Å². The number of aromatic amines is 1. The number of nitrogens with zero attached hydrogens (tertiary/aromatic N) is 1. The Bertz CT molecular complexity index is 1030. The Morgan fingerprint density at radius 2 is 1.79 bits per heavy atom. The van der Waals surface area contributed by atoms with E-state index in [2.05, 4.69) is 55.5 Å². The van der Waals surface area contributed by atoms with Gasteiger partial charge in [-0.05, 0) is 48.9 Å². The molecule has 0 atom stereocenters. The van der Waals surface area contributed by atoms with Crippen LogP contribution in [0.15, 0.2) is 77.3 Å². The molecule has 2 N–H and O–H groups in total. The fraction of sp³-hybridized carbons (Fsp3) is 0.208. The van der Waals surface area contributed by atoms with E-state index in [9.17, 15) is 0 Å². The van der Waals surface area contributed by atoms with Crippen LogP contribution in [-0.4, -0.2) is 16.5 Å². The summed E-state index contributed by atoms with van der Waals surface area (Å²) in [5, 5.41) is 3.53. The summed E-state index contributed by atoms with van der Waals surface area (Å²) in [6, 6.07) is 24.6. The summed E-state index contributed by atoms with van der Waals surface area (Å²) in [6.07, 6.45) is 1.95. The lowest BCUT2D eigenvalue weighted by atomic mass is 10.2. The first-order valence-electron chi connectivity index (χ1n) is 9.87. The fourth-order valence-corrected chi connectivity index (χ4v) is 3.70. The SMILES string of the molecule is Brc1ccc(OCc2ccccc2)c(CNCCCc2nc3ccccc3[nH]2)c1. The number of nitrogens with one attached hydrogen (secondary N) is 2. The van der Waals surface area contributed by atoms with Gasteiger partial charge in [0.2, 0.25) is 0 Å². The Morgan fingerprint density at radius 3 is 2.66 bits per heavy atom. The van der Waals surface area contributed by atoms with E-state index < -0.39 is 0 Å². The number of imidazole rings is 1. The summed E-state index contributed by atoms with van der Waals surface area (Å²) in [5.41, 5.74) is 4.45. The maximum absolute atomic E-state index is 6.06. The molecule has 148 valence electrons. The number of aryl methyl sites for hydroxylation is 1. The summed E-state index contributed by atoms with van der Waals surface area (Å²) in [4.78, 5) is 8.03. The van der Waals surface area contributed by atoms with E-state index in [1.165, 1.54) is 5.56 Å². The molecular weight excluding hydrogens is 426 g/mol. The van der Waals surface area contributed by atoms with Gasteiger partial charge in [-0.25, -0.2) is 4.98 Å². The van der Waals surface area contributed by atoms with E-state index >= 15 is 0 Å². The second-order valence-corrected chi connectivity index (χ2v) is 7.92. The van der Waals surface area contributed by atoms with Gasteiger partial charge in [0.05, 0.1) is 11.0 Å². The third kappa shape index (κ3) is 5.46. The third-order valence-corrected chi connectivity index (χ3v) is 5.27. The summed E-state index contributed by atoms with van der Waals surface area (Å²) in [7, 11) is 0. The summed E-state index contributed by atoms with van der Waals surface area (Å²) in [6.45, 7) is 2.26. The molecule has 0 bridgehead atoms. The Morgan fingerprint density at radius 1 is 0.966 bits per heavy atom. The zero-order valence-corrected chi connectivity index (χ0v) is 17.8. The van der Waals surface area contributed by atoms with Crippen LogP contribution in [-0.2, 0) is 19.6 Å². The van der Waals surface area contributed by atoms with Crippen LogP contribution in [0.5, 0.6) is 5.75 Å². The fourth-order valence-electron chi connectivity index (χ4n) is 3.29. The van der Waals surface area contributed by atoms with Crippen molar-refractivity contribution in [2.75, 3.05) is 6.54 Å². The van der Waals surface area contributed by atoms with Crippen LogP contribution >= 0.6 is 15.9 Å². The molecule has 0 saturated heterocycles. The molecule has 0 aliphatic rings. The van der Waals surface area contributed by atoms with Crippen molar-refractivity contribution in [1.82, 2.24) is 15.3 Å². The largest absolute Gasteiger partial charge is 0.489 e. The first kappa shape index (κ1) is 19.7. The van der Waals surface area contributed by atoms with Gasteiger partial charge in [-0.2, -0.15) is 0 Å². The van der Waals surface area contributed by atoms with E-state index in [0.717, 1.165) is 58.6 Å². The lowest BCUT2D eigenvalue weighted by Gasteiger charge is -2.13. The van der Waals surface area contributed by atoms with Gasteiger partial charge in [0.15, 0.2) is 0 Å². The standard InChI is InChI=1S/C24H24BrN3O/c25-20-12-13-23(29-17-18-7-2-1-3-8-18)19(15-20)16-26-14-6-11-24-27-21-9-4-5-10-22(21)28-24/h1-5,7-10,12-13,15,26H,6,11,14,16-17H2,(H,27,28). The van der Waals surface area contributed by atoms with E-state index in [1.807, 2.05) is 48.5 Å². The molecule has 4 rings (SSSR count). The molecule has 0 saturated carbocycles. The van der Waals surface area contributed by atoms with Crippen LogP contribution in [0.3, 0.4) is 0 Å². The molecule has 0 aliphatic heterocycles. The molecule has 0 aliphatic carbocycles. The normalized spacial score (nSPS) is 11.1. The highest BCUT2D eigenvalue weighted by atomic mass is 79.9. The highest BCUT2D eigenvalue weighted by Gasteiger charge is 2.06. The van der Waals surface area contributed by atoms with Crippen LogP contribution in [0.2, 0.25) is 0 Å². The second-order valence-electron chi connectivity index (χ2n) is 7.01. The van der Waals surface area contributed by atoms with Crippen LogP contribution in [0.25, 0.3) is 11.0 Å². The van der Waals surface area contributed by atoms with Crippen molar-refractivity contribution in [2.45, 2.75) is 26.0 Å². The summed E-state index contributed by atoms with van der Waals surface area (Å²) in [5.74, 6) is 1.96. The molecule has 4 nitrogen and oxygen atoms in total. The van der Waals surface area contributed by atoms with E-state index in [-0.39, 0.29) is 0 Å². The van der Waals surface area contributed by atoms with Gasteiger partial charge in [-0.15, -0.1) is 0 Å². The van der Waals surface area contributed by atoms with Crippen molar-refractivity contribution in [3.05, 3.63) is 94.2 Å². The molecule has 0 fully saturated rings. The summed E-state index contributed by atoms with van der Waals surface area (Å²) >= 11 is 3.57. The van der Waals surface area contributed by atoms with Gasteiger partial charge in [-0.3, -0.25) is 0 Å². The highest BCUT2D eigenvalue weighted by Crippen LogP contribution is 2.24. The first-order chi connectivity index (χ1) is 14.3. The maximum atomic E-state index is 6.06. The minimum absolute atomic E-state index is 0.571. The predicted molar refractivity (Wildman–Crippen MR) is 121 cm³/mol. The Hall–Kier alpha value is -2.63. The Balaban J connectivity index is 1.28. The number of para-hydroxylation sites is 2. The molecule has 0 unspecified atom stereocenters. The molecule has 0 amide bonds. The van der Waals surface area contributed by atoms with Crippen molar-refractivity contribution in [3.8, 4) is 5.75 Å². The van der Waals surface area contributed by atoms with Gasteiger partial charge < -0.3 is 15.0 Å². The summed E-state index contributed by atoms with van der Waals surface area (Å²) < 4.78 is 7.12. The molecule has 3 aromatic carbocycles. The molecule has 5 heteroatoms. The Labute approximate surface area is 179 Å². The van der Waals surface area contributed by atoms with Crippen LogP contribution in [0.4, 0.5) is 0 Å². The minimum atomic E-state index is 0.571. The molecule has 0 radical (unpaired) electrons. The number of hydrogen-bond donors (Lipinski definition) is 2. The van der Waals surface area contributed by atoms with E-state index in [1.54, 1.807) is 0 Å². The lowest BCUT2D eigenvalue weighted by molar-refractivity contribution is 0.302. The average molecular weight is 450 g/mol. The number of rotatable bonds is 9. The van der Waals surface area contributed by atoms with Gasteiger partial charge in [0.25, 0.3) is 0 Å². The number of fused-ring (bicyclic) bond motifs is 1. The number of hydrogen-bond acceptors (Lipinski definition) is 3. The van der Waals surface area contributed by atoms with Gasteiger partial charge in [0, 0.05) is 23.0 Å². The third-order valence-electron chi connectivity index (χ3n) is 4.78. The number of halogens is 1.